The SMILES string of the molecule is COc1cccc(COC2(C(=O)O)CC(=O)CCO2)c1. The van der Waals surface area contributed by atoms with Crippen molar-refractivity contribution in [3.63, 3.8) is 0 Å². The van der Waals surface area contributed by atoms with Crippen molar-refractivity contribution in [1.29, 1.82) is 0 Å². The van der Waals surface area contributed by atoms with Gasteiger partial charge in [0.25, 0.3) is 5.79 Å². The topological polar surface area (TPSA) is 82.1 Å². The summed E-state index contributed by atoms with van der Waals surface area (Å²) in [5.41, 5.74) is 0.742. The van der Waals surface area contributed by atoms with Crippen molar-refractivity contribution >= 4 is 11.8 Å². The Balaban J connectivity index is 2.09. The number of Topliss-reactive ketones (excluding diaryl/α,β-unsaturated/α-hetero) is 1. The van der Waals surface area contributed by atoms with Gasteiger partial charge in [0.2, 0.25) is 0 Å². The smallest absolute Gasteiger partial charge is 0.364 e. The van der Waals surface area contributed by atoms with E-state index in [1.807, 2.05) is 0 Å². The second-order valence-corrected chi connectivity index (χ2v) is 4.51. The molecule has 1 aromatic carbocycles. The maximum atomic E-state index is 11.5. The van der Waals surface area contributed by atoms with E-state index in [4.69, 9.17) is 14.2 Å². The fraction of sp³-hybridized carbons (Fsp3) is 0.429. The summed E-state index contributed by atoms with van der Waals surface area (Å²) in [6, 6.07) is 7.07. The predicted octanol–water partition coefficient (Wildman–Crippen LogP) is 1.37. The van der Waals surface area contributed by atoms with Crippen molar-refractivity contribution in [2.45, 2.75) is 25.2 Å². The first-order valence-corrected chi connectivity index (χ1v) is 6.22. The van der Waals surface area contributed by atoms with Crippen LogP contribution >= 0.6 is 0 Å². The summed E-state index contributed by atoms with van der Waals surface area (Å²) in [6.45, 7) is 0.0834. The molecule has 1 heterocycles. The van der Waals surface area contributed by atoms with Crippen molar-refractivity contribution in [2.24, 2.45) is 0 Å². The highest BCUT2D eigenvalue weighted by Gasteiger charge is 2.45. The summed E-state index contributed by atoms with van der Waals surface area (Å²) in [6.07, 6.45) is -0.0517. The van der Waals surface area contributed by atoms with Gasteiger partial charge in [0, 0.05) is 6.42 Å². The van der Waals surface area contributed by atoms with Gasteiger partial charge in [0.15, 0.2) is 0 Å². The Morgan fingerprint density at radius 3 is 2.95 bits per heavy atom. The molecule has 1 aliphatic heterocycles. The van der Waals surface area contributed by atoms with Gasteiger partial charge in [-0.3, -0.25) is 4.79 Å². The molecule has 1 saturated heterocycles. The fourth-order valence-electron chi connectivity index (χ4n) is 1.98. The molecule has 0 aliphatic carbocycles. The van der Waals surface area contributed by atoms with Crippen LogP contribution < -0.4 is 4.74 Å². The molecule has 20 heavy (non-hydrogen) atoms. The van der Waals surface area contributed by atoms with Crippen LogP contribution in [-0.4, -0.2) is 36.4 Å². The first-order valence-electron chi connectivity index (χ1n) is 6.22. The Bertz CT molecular complexity index is 512. The normalized spacial score (nSPS) is 22.6. The number of carbonyl (C=O) groups excluding carboxylic acids is 1. The summed E-state index contributed by atoms with van der Waals surface area (Å²) in [5, 5.41) is 9.26. The summed E-state index contributed by atoms with van der Waals surface area (Å²) in [7, 11) is 1.54. The highest BCUT2D eigenvalue weighted by molar-refractivity contribution is 5.88. The third-order valence-electron chi connectivity index (χ3n) is 3.08. The maximum absolute atomic E-state index is 11.5. The molecule has 1 atom stereocenters. The molecule has 6 heteroatoms. The van der Waals surface area contributed by atoms with Crippen LogP contribution in [0.1, 0.15) is 18.4 Å². The lowest BCUT2D eigenvalue weighted by Crippen LogP contribution is -2.49. The summed E-state index contributed by atoms with van der Waals surface area (Å²) in [4.78, 5) is 22.8. The molecule has 6 nitrogen and oxygen atoms in total. The van der Waals surface area contributed by atoms with Crippen molar-refractivity contribution in [3.8, 4) is 5.75 Å². The first kappa shape index (κ1) is 14.5. The highest BCUT2D eigenvalue weighted by atomic mass is 16.7. The third-order valence-corrected chi connectivity index (χ3v) is 3.08. The number of carboxylic acid groups (broad SMARTS) is 1. The van der Waals surface area contributed by atoms with E-state index in [2.05, 4.69) is 0 Å². The van der Waals surface area contributed by atoms with E-state index in [9.17, 15) is 14.7 Å². The van der Waals surface area contributed by atoms with Gasteiger partial charge >= 0.3 is 5.97 Å². The van der Waals surface area contributed by atoms with Crippen LogP contribution in [0.2, 0.25) is 0 Å². The Morgan fingerprint density at radius 2 is 2.30 bits per heavy atom. The first-order chi connectivity index (χ1) is 9.55. The largest absolute Gasteiger partial charge is 0.497 e. The number of ether oxygens (including phenoxy) is 3. The molecule has 0 radical (unpaired) electrons. The lowest BCUT2D eigenvalue weighted by atomic mass is 10.0. The van der Waals surface area contributed by atoms with E-state index in [1.165, 1.54) is 0 Å². The molecular weight excluding hydrogens is 264 g/mol. The molecule has 0 saturated carbocycles. The van der Waals surface area contributed by atoms with Crippen LogP contribution in [0.4, 0.5) is 0 Å². The summed E-state index contributed by atoms with van der Waals surface area (Å²) < 4.78 is 15.7. The predicted molar refractivity (Wildman–Crippen MR) is 68.3 cm³/mol. The molecule has 0 spiro atoms. The van der Waals surface area contributed by atoms with E-state index in [0.29, 0.717) is 5.75 Å². The van der Waals surface area contributed by atoms with Crippen molar-refractivity contribution in [2.75, 3.05) is 13.7 Å². The van der Waals surface area contributed by atoms with Crippen LogP contribution in [-0.2, 0) is 25.7 Å². The van der Waals surface area contributed by atoms with E-state index in [-0.39, 0.29) is 31.8 Å². The number of ketones is 1. The molecule has 108 valence electrons. The molecule has 1 fully saturated rings. The van der Waals surface area contributed by atoms with Gasteiger partial charge < -0.3 is 19.3 Å². The molecule has 0 aromatic heterocycles. The molecule has 0 bridgehead atoms. The summed E-state index contributed by atoms with van der Waals surface area (Å²) >= 11 is 0. The number of methoxy groups -OCH3 is 1. The number of carboxylic acids is 1. The fourth-order valence-corrected chi connectivity index (χ4v) is 1.98. The number of benzene rings is 1. The zero-order valence-electron chi connectivity index (χ0n) is 11.1. The van der Waals surface area contributed by atoms with Gasteiger partial charge in [-0.2, -0.15) is 0 Å². The molecule has 1 aliphatic rings. The van der Waals surface area contributed by atoms with Crippen LogP contribution in [0.3, 0.4) is 0 Å². The van der Waals surface area contributed by atoms with Gasteiger partial charge in [-0.1, -0.05) is 12.1 Å². The minimum absolute atomic E-state index is 0.0246. The molecular formula is C14H16O6. The van der Waals surface area contributed by atoms with Crippen molar-refractivity contribution in [3.05, 3.63) is 29.8 Å². The van der Waals surface area contributed by atoms with Gasteiger partial charge in [0.1, 0.15) is 11.5 Å². The lowest BCUT2D eigenvalue weighted by Gasteiger charge is -2.32. The number of rotatable bonds is 5. The van der Waals surface area contributed by atoms with E-state index in [0.717, 1.165) is 5.56 Å². The second-order valence-electron chi connectivity index (χ2n) is 4.51. The molecule has 1 N–H and O–H groups in total. The van der Waals surface area contributed by atoms with E-state index >= 15 is 0 Å². The Morgan fingerprint density at radius 1 is 1.50 bits per heavy atom. The number of aliphatic carboxylic acids is 1. The third kappa shape index (κ3) is 3.15. The Labute approximate surface area is 116 Å². The standard InChI is InChI=1S/C14H16O6/c1-18-12-4-2-3-10(7-12)9-20-14(13(16)17)8-11(15)5-6-19-14/h2-4,7H,5-6,8-9H2,1H3,(H,16,17). The second kappa shape index (κ2) is 6.02. The van der Waals surface area contributed by atoms with Gasteiger partial charge in [-0.05, 0) is 17.7 Å². The number of hydrogen-bond acceptors (Lipinski definition) is 5. The quantitative estimate of drug-likeness (QED) is 0.877. The van der Waals surface area contributed by atoms with Crippen molar-refractivity contribution < 1.29 is 28.9 Å². The zero-order chi connectivity index (χ0) is 14.6. The Hall–Kier alpha value is -1.92. The molecule has 0 amide bonds. The zero-order valence-corrected chi connectivity index (χ0v) is 11.1. The van der Waals surface area contributed by atoms with Crippen LogP contribution in [0, 0.1) is 0 Å². The van der Waals surface area contributed by atoms with Gasteiger partial charge in [0.05, 0.1) is 26.7 Å². The average Bonchev–Trinajstić information content (AvgIpc) is 2.45. The number of hydrogen-bond donors (Lipinski definition) is 1. The van der Waals surface area contributed by atoms with E-state index in [1.54, 1.807) is 31.4 Å². The van der Waals surface area contributed by atoms with Crippen LogP contribution in [0.15, 0.2) is 24.3 Å². The monoisotopic (exact) mass is 280 g/mol. The minimum atomic E-state index is -1.88. The van der Waals surface area contributed by atoms with Gasteiger partial charge in [-0.15, -0.1) is 0 Å². The van der Waals surface area contributed by atoms with Crippen LogP contribution in [0.25, 0.3) is 0 Å². The number of carbonyl (C=O) groups is 2. The van der Waals surface area contributed by atoms with Crippen LogP contribution in [0.5, 0.6) is 5.75 Å². The maximum Gasteiger partial charge on any atom is 0.364 e. The summed E-state index contributed by atoms with van der Waals surface area (Å²) in [5.74, 6) is -2.69. The average molecular weight is 280 g/mol. The highest BCUT2D eigenvalue weighted by Crippen LogP contribution is 2.26. The Kier molecular flexibility index (Phi) is 4.36. The molecule has 2 rings (SSSR count). The molecule has 1 aromatic rings. The van der Waals surface area contributed by atoms with E-state index < -0.39 is 11.8 Å². The van der Waals surface area contributed by atoms with Gasteiger partial charge in [-0.25, -0.2) is 4.79 Å². The lowest BCUT2D eigenvalue weighted by molar-refractivity contribution is -0.256. The minimum Gasteiger partial charge on any atom is -0.497 e. The van der Waals surface area contributed by atoms with Crippen molar-refractivity contribution in [1.82, 2.24) is 0 Å². The molecule has 1 unspecified atom stereocenters.